The maximum absolute atomic E-state index is 13.3. The first kappa shape index (κ1) is 14.3. The lowest BCUT2D eigenvalue weighted by molar-refractivity contribution is 0.581. The van der Waals surface area contributed by atoms with Crippen LogP contribution in [0.15, 0.2) is 16.6 Å². The predicted octanol–water partition coefficient (Wildman–Crippen LogP) is 1.82. The number of rotatable bonds is 5. The van der Waals surface area contributed by atoms with Gasteiger partial charge in [-0.25, -0.2) is 17.2 Å². The Morgan fingerprint density at radius 3 is 2.53 bits per heavy atom. The standard InChI is InChI=1S/C9H11BrF2N2O2S/c10-7-4-6(11)5-8(12)9(7)14-17(15,16)3-1-2-13/h4-5,14H,1-3,13H2. The van der Waals surface area contributed by atoms with Crippen LogP contribution in [0.1, 0.15) is 6.42 Å². The average molecular weight is 329 g/mol. The van der Waals surface area contributed by atoms with Crippen molar-refractivity contribution in [2.45, 2.75) is 6.42 Å². The van der Waals surface area contributed by atoms with Gasteiger partial charge in [-0.15, -0.1) is 0 Å². The lowest BCUT2D eigenvalue weighted by atomic mass is 10.3. The maximum atomic E-state index is 13.3. The van der Waals surface area contributed by atoms with Crippen LogP contribution in [-0.2, 0) is 10.0 Å². The van der Waals surface area contributed by atoms with Crippen molar-refractivity contribution in [2.75, 3.05) is 17.0 Å². The summed E-state index contributed by atoms with van der Waals surface area (Å²) in [5.41, 5.74) is 4.88. The van der Waals surface area contributed by atoms with Crippen LogP contribution in [0.25, 0.3) is 0 Å². The van der Waals surface area contributed by atoms with Gasteiger partial charge in [-0.05, 0) is 35.0 Å². The fraction of sp³-hybridized carbons (Fsp3) is 0.333. The van der Waals surface area contributed by atoms with Crippen LogP contribution in [0, 0.1) is 11.6 Å². The van der Waals surface area contributed by atoms with E-state index < -0.39 is 21.7 Å². The minimum absolute atomic E-state index is 0.00586. The summed E-state index contributed by atoms with van der Waals surface area (Å²) in [4.78, 5) is 0. The minimum Gasteiger partial charge on any atom is -0.330 e. The molecule has 0 fully saturated rings. The molecule has 0 saturated heterocycles. The fourth-order valence-electron chi connectivity index (χ4n) is 1.12. The normalized spacial score (nSPS) is 11.5. The highest BCUT2D eigenvalue weighted by atomic mass is 79.9. The van der Waals surface area contributed by atoms with Gasteiger partial charge in [0.2, 0.25) is 10.0 Å². The molecule has 0 aromatic heterocycles. The second-order valence-corrected chi connectivity index (χ2v) is 6.00. The molecule has 0 amide bonds. The Bertz CT molecular complexity index is 485. The van der Waals surface area contributed by atoms with Crippen molar-refractivity contribution in [3.8, 4) is 0 Å². The number of hydrogen-bond donors (Lipinski definition) is 2. The number of benzene rings is 1. The van der Waals surface area contributed by atoms with Crippen molar-refractivity contribution >= 4 is 31.6 Å². The molecule has 96 valence electrons. The fourth-order valence-corrected chi connectivity index (χ4v) is 2.93. The third kappa shape index (κ3) is 4.21. The number of hydrogen-bond acceptors (Lipinski definition) is 3. The summed E-state index contributed by atoms with van der Waals surface area (Å²) in [6.45, 7) is 0.216. The molecule has 0 atom stereocenters. The third-order valence-corrected chi connectivity index (χ3v) is 3.85. The third-order valence-electron chi connectivity index (χ3n) is 1.88. The Morgan fingerprint density at radius 1 is 1.35 bits per heavy atom. The largest absolute Gasteiger partial charge is 0.330 e. The van der Waals surface area contributed by atoms with Gasteiger partial charge in [0.05, 0.1) is 11.4 Å². The Balaban J connectivity index is 2.96. The van der Waals surface area contributed by atoms with Gasteiger partial charge in [-0.1, -0.05) is 0 Å². The second-order valence-electron chi connectivity index (χ2n) is 3.31. The van der Waals surface area contributed by atoms with E-state index in [9.17, 15) is 17.2 Å². The van der Waals surface area contributed by atoms with E-state index in [0.29, 0.717) is 6.07 Å². The zero-order valence-electron chi connectivity index (χ0n) is 8.71. The van der Waals surface area contributed by atoms with Crippen molar-refractivity contribution in [3.05, 3.63) is 28.2 Å². The molecule has 1 aromatic rings. The topological polar surface area (TPSA) is 72.2 Å². The lowest BCUT2D eigenvalue weighted by Gasteiger charge is -2.10. The zero-order chi connectivity index (χ0) is 13.1. The van der Waals surface area contributed by atoms with Gasteiger partial charge in [0.1, 0.15) is 5.82 Å². The molecule has 1 rings (SSSR count). The van der Waals surface area contributed by atoms with Gasteiger partial charge in [-0.3, -0.25) is 4.72 Å². The molecule has 1 aromatic carbocycles. The van der Waals surface area contributed by atoms with E-state index in [4.69, 9.17) is 5.73 Å². The molecule has 0 radical (unpaired) electrons. The zero-order valence-corrected chi connectivity index (χ0v) is 11.1. The number of sulfonamides is 1. The SMILES string of the molecule is NCCCS(=O)(=O)Nc1c(F)cc(F)cc1Br. The van der Waals surface area contributed by atoms with Gasteiger partial charge in [0.15, 0.2) is 5.82 Å². The quantitative estimate of drug-likeness (QED) is 0.865. The van der Waals surface area contributed by atoms with Crippen LogP contribution >= 0.6 is 15.9 Å². The van der Waals surface area contributed by atoms with Crippen molar-refractivity contribution in [1.29, 1.82) is 0 Å². The van der Waals surface area contributed by atoms with E-state index in [2.05, 4.69) is 15.9 Å². The average Bonchev–Trinajstić information content (AvgIpc) is 2.21. The highest BCUT2D eigenvalue weighted by Gasteiger charge is 2.16. The van der Waals surface area contributed by atoms with Gasteiger partial charge in [0, 0.05) is 10.5 Å². The molecular formula is C9H11BrF2N2O2S. The summed E-state index contributed by atoms with van der Waals surface area (Å²) in [7, 11) is -3.68. The van der Waals surface area contributed by atoms with Gasteiger partial charge in [0.25, 0.3) is 0 Å². The van der Waals surface area contributed by atoms with E-state index in [1.54, 1.807) is 0 Å². The Morgan fingerprint density at radius 2 is 2.00 bits per heavy atom. The molecule has 0 aliphatic carbocycles. The van der Waals surface area contributed by atoms with E-state index in [-0.39, 0.29) is 28.9 Å². The van der Waals surface area contributed by atoms with Crippen molar-refractivity contribution in [1.82, 2.24) is 0 Å². The molecule has 0 aliphatic rings. The molecule has 0 saturated carbocycles. The molecule has 0 spiro atoms. The molecule has 0 heterocycles. The van der Waals surface area contributed by atoms with E-state index in [1.165, 1.54) is 0 Å². The minimum atomic E-state index is -3.68. The summed E-state index contributed by atoms with van der Waals surface area (Å²) >= 11 is 2.89. The van der Waals surface area contributed by atoms with Crippen molar-refractivity contribution < 1.29 is 17.2 Å². The van der Waals surface area contributed by atoms with Crippen LogP contribution in [0.2, 0.25) is 0 Å². The Kier molecular flexibility index (Phi) is 4.84. The number of anilines is 1. The van der Waals surface area contributed by atoms with Crippen molar-refractivity contribution in [2.24, 2.45) is 5.73 Å². The molecule has 4 nitrogen and oxygen atoms in total. The first-order valence-electron chi connectivity index (χ1n) is 4.71. The number of nitrogens with one attached hydrogen (secondary N) is 1. The van der Waals surface area contributed by atoms with Crippen LogP contribution in [0.5, 0.6) is 0 Å². The monoisotopic (exact) mass is 328 g/mol. The van der Waals surface area contributed by atoms with E-state index >= 15 is 0 Å². The summed E-state index contributed by atoms with van der Waals surface area (Å²) in [6, 6.07) is 1.58. The molecule has 3 N–H and O–H groups in total. The van der Waals surface area contributed by atoms with Crippen LogP contribution in [-0.4, -0.2) is 20.7 Å². The summed E-state index contributed by atoms with van der Waals surface area (Å²) in [5, 5.41) is 0. The Labute approximate surface area is 106 Å². The summed E-state index contributed by atoms with van der Waals surface area (Å²) < 4.78 is 51.2. The first-order chi connectivity index (χ1) is 7.85. The van der Waals surface area contributed by atoms with Gasteiger partial charge < -0.3 is 5.73 Å². The molecular weight excluding hydrogens is 318 g/mol. The summed E-state index contributed by atoms with van der Waals surface area (Å²) in [6.07, 6.45) is 0.260. The second kappa shape index (κ2) is 5.74. The van der Waals surface area contributed by atoms with Crippen LogP contribution in [0.4, 0.5) is 14.5 Å². The van der Waals surface area contributed by atoms with E-state index in [1.807, 2.05) is 4.72 Å². The Hall–Kier alpha value is -0.730. The number of halogens is 3. The molecule has 0 unspecified atom stereocenters. The molecule has 8 heteroatoms. The highest BCUT2D eigenvalue weighted by Crippen LogP contribution is 2.27. The number of nitrogens with two attached hydrogens (primary N) is 1. The molecule has 0 bridgehead atoms. The molecule has 17 heavy (non-hydrogen) atoms. The van der Waals surface area contributed by atoms with Crippen molar-refractivity contribution in [3.63, 3.8) is 0 Å². The summed E-state index contributed by atoms with van der Waals surface area (Å²) in [5.74, 6) is -1.99. The van der Waals surface area contributed by atoms with Gasteiger partial charge in [-0.2, -0.15) is 0 Å². The van der Waals surface area contributed by atoms with Crippen LogP contribution < -0.4 is 10.5 Å². The van der Waals surface area contributed by atoms with E-state index in [0.717, 1.165) is 6.07 Å². The predicted molar refractivity (Wildman–Crippen MR) is 65.1 cm³/mol. The smallest absolute Gasteiger partial charge is 0.232 e. The molecule has 0 aliphatic heterocycles. The first-order valence-corrected chi connectivity index (χ1v) is 7.15. The maximum Gasteiger partial charge on any atom is 0.232 e. The van der Waals surface area contributed by atoms with Crippen LogP contribution in [0.3, 0.4) is 0 Å². The lowest BCUT2D eigenvalue weighted by Crippen LogP contribution is -2.20. The highest BCUT2D eigenvalue weighted by molar-refractivity contribution is 9.10. The van der Waals surface area contributed by atoms with Gasteiger partial charge >= 0.3 is 0 Å².